The van der Waals surface area contributed by atoms with Crippen LogP contribution in [0.1, 0.15) is 29.7 Å². The van der Waals surface area contributed by atoms with E-state index in [1.807, 2.05) is 89.3 Å². The summed E-state index contributed by atoms with van der Waals surface area (Å²) < 4.78 is 13.4. The molecule has 3 aromatic carbocycles. The second-order valence-electron chi connectivity index (χ2n) is 9.73. The Labute approximate surface area is 228 Å². The van der Waals surface area contributed by atoms with Gasteiger partial charge in [0.1, 0.15) is 24.7 Å². The van der Waals surface area contributed by atoms with Gasteiger partial charge >= 0.3 is 0 Å². The van der Waals surface area contributed by atoms with E-state index in [0.717, 1.165) is 28.1 Å². The monoisotopic (exact) mass is 521 g/mol. The van der Waals surface area contributed by atoms with Gasteiger partial charge in [-0.2, -0.15) is 10.1 Å². The molecule has 8 heteroatoms. The molecule has 0 radical (unpaired) electrons. The Morgan fingerprint density at radius 1 is 0.923 bits per heavy atom. The summed E-state index contributed by atoms with van der Waals surface area (Å²) >= 11 is 0. The zero-order chi connectivity index (χ0) is 26.6. The minimum absolute atomic E-state index is 0.00409. The van der Waals surface area contributed by atoms with Gasteiger partial charge in [-0.25, -0.2) is 4.68 Å². The normalized spacial score (nSPS) is 17.2. The Morgan fingerprint density at radius 3 is 2.28 bits per heavy atom. The van der Waals surface area contributed by atoms with E-state index in [2.05, 4.69) is 27.1 Å². The van der Waals surface area contributed by atoms with Crippen molar-refractivity contribution in [2.45, 2.75) is 26.1 Å². The number of aromatic nitrogens is 3. The lowest BCUT2D eigenvalue weighted by atomic mass is 9.93. The van der Waals surface area contributed by atoms with Crippen LogP contribution in [0.3, 0.4) is 0 Å². The molecule has 6 rings (SSSR count). The van der Waals surface area contributed by atoms with E-state index in [1.165, 1.54) is 0 Å². The Kier molecular flexibility index (Phi) is 7.10. The Hall–Kier alpha value is -4.43. The van der Waals surface area contributed by atoms with E-state index in [4.69, 9.17) is 9.47 Å². The van der Waals surface area contributed by atoms with Crippen molar-refractivity contribution < 1.29 is 14.3 Å². The number of benzene rings is 3. The first-order chi connectivity index (χ1) is 19.2. The number of amides is 1. The Bertz CT molecular complexity index is 1440. The topological polar surface area (TPSA) is 72.7 Å². The van der Waals surface area contributed by atoms with Crippen LogP contribution in [0.4, 0.5) is 5.95 Å². The van der Waals surface area contributed by atoms with Crippen molar-refractivity contribution in [2.24, 2.45) is 0 Å². The first-order valence-electron chi connectivity index (χ1n) is 13.2. The van der Waals surface area contributed by atoms with Crippen molar-refractivity contribution >= 4 is 11.9 Å². The van der Waals surface area contributed by atoms with Gasteiger partial charge in [0.05, 0.1) is 25.3 Å². The van der Waals surface area contributed by atoms with Gasteiger partial charge < -0.3 is 19.3 Å². The largest absolute Gasteiger partial charge is 0.489 e. The molecule has 0 saturated carbocycles. The van der Waals surface area contributed by atoms with Gasteiger partial charge in [0, 0.05) is 18.8 Å². The van der Waals surface area contributed by atoms with Crippen molar-refractivity contribution in [1.82, 2.24) is 19.7 Å². The molecule has 1 amide bonds. The standard InChI is InChI=1S/C31H31N5O3/c1-23-28(30(37)34-16-18-38-19-17-34)29(26-12-14-27(15-13-26)39-21-25-10-6-3-7-11-25)36-31(32-22-33-36)35(23)20-24-8-4-2-5-9-24/h2-15,22,29H,16-21H2,1H3/t29-/m1/s1. The van der Waals surface area contributed by atoms with Gasteiger partial charge in [-0.15, -0.1) is 0 Å². The van der Waals surface area contributed by atoms with Crippen LogP contribution in [0.2, 0.25) is 0 Å². The number of hydrogen-bond donors (Lipinski definition) is 0. The number of anilines is 1. The summed E-state index contributed by atoms with van der Waals surface area (Å²) in [5.41, 5.74) is 4.76. The van der Waals surface area contributed by atoms with Gasteiger partial charge in [-0.1, -0.05) is 72.8 Å². The molecule has 39 heavy (non-hydrogen) atoms. The third-order valence-corrected chi connectivity index (χ3v) is 7.26. The number of rotatable bonds is 7. The summed E-state index contributed by atoms with van der Waals surface area (Å²) in [7, 11) is 0. The fourth-order valence-electron chi connectivity index (χ4n) is 5.19. The van der Waals surface area contributed by atoms with Crippen LogP contribution in [0.15, 0.2) is 103 Å². The number of ether oxygens (including phenoxy) is 2. The van der Waals surface area contributed by atoms with Crippen molar-refractivity contribution in [3.05, 3.63) is 119 Å². The van der Waals surface area contributed by atoms with E-state index < -0.39 is 6.04 Å². The quantitative estimate of drug-likeness (QED) is 0.354. The zero-order valence-corrected chi connectivity index (χ0v) is 21.9. The third kappa shape index (κ3) is 5.15. The predicted molar refractivity (Wildman–Crippen MR) is 148 cm³/mol. The summed E-state index contributed by atoms with van der Waals surface area (Å²) in [6.45, 7) is 5.31. The number of carbonyl (C=O) groups is 1. The van der Waals surface area contributed by atoms with Crippen molar-refractivity contribution in [2.75, 3.05) is 31.2 Å². The maximum atomic E-state index is 14.1. The van der Waals surface area contributed by atoms with E-state index in [9.17, 15) is 4.79 Å². The molecule has 1 saturated heterocycles. The Balaban J connectivity index is 1.35. The van der Waals surface area contributed by atoms with Crippen LogP contribution < -0.4 is 9.64 Å². The van der Waals surface area contributed by atoms with Crippen molar-refractivity contribution in [1.29, 1.82) is 0 Å². The molecule has 0 unspecified atom stereocenters. The fourth-order valence-corrected chi connectivity index (χ4v) is 5.19. The van der Waals surface area contributed by atoms with Crippen LogP contribution in [-0.4, -0.2) is 51.9 Å². The molecule has 8 nitrogen and oxygen atoms in total. The second-order valence-corrected chi connectivity index (χ2v) is 9.73. The van der Waals surface area contributed by atoms with Crippen LogP contribution in [0, 0.1) is 0 Å². The fraction of sp³-hybridized carbons (Fsp3) is 0.258. The highest BCUT2D eigenvalue weighted by molar-refractivity contribution is 5.97. The average molecular weight is 522 g/mol. The van der Waals surface area contributed by atoms with Crippen LogP contribution in [0.5, 0.6) is 5.75 Å². The summed E-state index contributed by atoms with van der Waals surface area (Å²) in [5.74, 6) is 1.48. The first kappa shape index (κ1) is 24.9. The van der Waals surface area contributed by atoms with Crippen molar-refractivity contribution in [3.63, 3.8) is 0 Å². The second kappa shape index (κ2) is 11.1. The lowest BCUT2D eigenvalue weighted by molar-refractivity contribution is -0.131. The SMILES string of the molecule is CC1=C(C(=O)N2CCOCC2)[C@@H](c2ccc(OCc3ccccc3)cc2)n2ncnc2N1Cc1ccccc1. The summed E-state index contributed by atoms with van der Waals surface area (Å²) in [4.78, 5) is 22.7. The third-order valence-electron chi connectivity index (χ3n) is 7.26. The maximum absolute atomic E-state index is 14.1. The summed E-state index contributed by atoms with van der Waals surface area (Å²) in [6.07, 6.45) is 1.56. The molecule has 198 valence electrons. The molecule has 1 fully saturated rings. The van der Waals surface area contributed by atoms with Crippen LogP contribution in [0.25, 0.3) is 0 Å². The smallest absolute Gasteiger partial charge is 0.254 e. The van der Waals surface area contributed by atoms with Crippen molar-refractivity contribution in [3.8, 4) is 5.75 Å². The molecule has 2 aliphatic rings. The molecular weight excluding hydrogens is 490 g/mol. The zero-order valence-electron chi connectivity index (χ0n) is 21.9. The highest BCUT2D eigenvalue weighted by Crippen LogP contribution is 2.40. The molecule has 0 aliphatic carbocycles. The number of nitrogens with zero attached hydrogens (tertiary/aromatic N) is 5. The van der Waals surface area contributed by atoms with E-state index in [1.54, 1.807) is 6.33 Å². The van der Waals surface area contributed by atoms with Gasteiger partial charge in [-0.3, -0.25) is 4.79 Å². The van der Waals surface area contributed by atoms with Crippen LogP contribution in [-0.2, 0) is 22.7 Å². The molecule has 0 spiro atoms. The minimum Gasteiger partial charge on any atom is -0.489 e. The van der Waals surface area contributed by atoms with Gasteiger partial charge in [0.2, 0.25) is 5.95 Å². The molecule has 0 N–H and O–H groups in total. The molecule has 1 aromatic heterocycles. The Morgan fingerprint density at radius 2 is 1.59 bits per heavy atom. The number of morpholine rings is 1. The molecule has 3 heterocycles. The molecule has 4 aromatic rings. The number of hydrogen-bond acceptors (Lipinski definition) is 6. The van der Waals surface area contributed by atoms with Gasteiger partial charge in [0.15, 0.2) is 0 Å². The average Bonchev–Trinajstić information content (AvgIpc) is 3.48. The lowest BCUT2D eigenvalue weighted by Crippen LogP contribution is -2.45. The van der Waals surface area contributed by atoms with Gasteiger partial charge in [-0.05, 0) is 35.7 Å². The van der Waals surface area contributed by atoms with E-state index in [-0.39, 0.29) is 5.91 Å². The number of carbonyl (C=O) groups excluding carboxylic acids is 1. The van der Waals surface area contributed by atoms with E-state index in [0.29, 0.717) is 51.0 Å². The molecule has 1 atom stereocenters. The molecule has 0 bridgehead atoms. The number of fused-ring (bicyclic) bond motifs is 1. The minimum atomic E-state index is -0.409. The highest BCUT2D eigenvalue weighted by Gasteiger charge is 2.39. The summed E-state index contributed by atoms with van der Waals surface area (Å²) in [5, 5.41) is 4.62. The van der Waals surface area contributed by atoms with Gasteiger partial charge in [0.25, 0.3) is 5.91 Å². The summed E-state index contributed by atoms with van der Waals surface area (Å²) in [6, 6.07) is 27.8. The highest BCUT2D eigenvalue weighted by atomic mass is 16.5. The molecule has 2 aliphatic heterocycles. The van der Waals surface area contributed by atoms with E-state index >= 15 is 0 Å². The lowest BCUT2D eigenvalue weighted by Gasteiger charge is -2.38. The molecular formula is C31H31N5O3. The predicted octanol–water partition coefficient (Wildman–Crippen LogP) is 4.60. The first-order valence-corrected chi connectivity index (χ1v) is 13.2. The number of allylic oxidation sites excluding steroid dienone is 1. The maximum Gasteiger partial charge on any atom is 0.254 e. The van der Waals surface area contributed by atoms with Crippen LogP contribution >= 0.6 is 0 Å².